The number of hydrogen-bond acceptors (Lipinski definition) is 1. The number of anilines is 1. The summed E-state index contributed by atoms with van der Waals surface area (Å²) >= 11 is 5.78. The number of nitrogens with one attached hydrogen (secondary N) is 1. The maximum atomic E-state index is 13.9. The Labute approximate surface area is 111 Å². The Balaban J connectivity index is 1.92. The SMILES string of the molecule is Fc1cc(Cl)ccc1C1CCc2ccccc2N1. The summed E-state index contributed by atoms with van der Waals surface area (Å²) in [6.45, 7) is 0. The topological polar surface area (TPSA) is 12.0 Å². The highest BCUT2D eigenvalue weighted by molar-refractivity contribution is 6.30. The van der Waals surface area contributed by atoms with Crippen LogP contribution in [0.25, 0.3) is 0 Å². The summed E-state index contributed by atoms with van der Waals surface area (Å²) in [5.41, 5.74) is 3.08. The predicted octanol–water partition coefficient (Wildman–Crippen LogP) is 4.58. The number of benzene rings is 2. The van der Waals surface area contributed by atoms with Crippen LogP contribution in [-0.4, -0.2) is 0 Å². The summed E-state index contributed by atoms with van der Waals surface area (Å²) in [5, 5.41) is 3.83. The second kappa shape index (κ2) is 4.62. The molecule has 1 aliphatic heterocycles. The Kier molecular flexibility index (Phi) is 2.96. The van der Waals surface area contributed by atoms with Crippen LogP contribution in [0.15, 0.2) is 42.5 Å². The zero-order chi connectivity index (χ0) is 12.5. The third-order valence-corrected chi connectivity index (χ3v) is 3.62. The standard InChI is InChI=1S/C15H13ClFN/c16-11-6-7-12(13(17)9-11)15-8-5-10-3-1-2-4-14(10)18-15/h1-4,6-7,9,15,18H,5,8H2. The summed E-state index contributed by atoms with van der Waals surface area (Å²) in [5.74, 6) is -0.237. The predicted molar refractivity (Wildman–Crippen MR) is 72.5 cm³/mol. The van der Waals surface area contributed by atoms with Crippen molar-refractivity contribution in [3.63, 3.8) is 0 Å². The fraction of sp³-hybridized carbons (Fsp3) is 0.200. The van der Waals surface area contributed by atoms with Gasteiger partial charge in [-0.3, -0.25) is 0 Å². The van der Waals surface area contributed by atoms with E-state index in [9.17, 15) is 4.39 Å². The highest BCUT2D eigenvalue weighted by atomic mass is 35.5. The van der Waals surface area contributed by atoms with Crippen molar-refractivity contribution in [3.05, 3.63) is 64.4 Å². The molecule has 0 aromatic heterocycles. The molecular formula is C15H13ClFN. The molecule has 0 radical (unpaired) electrons. The van der Waals surface area contributed by atoms with Gasteiger partial charge in [0.05, 0.1) is 6.04 Å². The van der Waals surface area contributed by atoms with Crippen LogP contribution in [0.1, 0.15) is 23.6 Å². The van der Waals surface area contributed by atoms with Crippen LogP contribution in [0.5, 0.6) is 0 Å². The molecule has 3 heteroatoms. The lowest BCUT2D eigenvalue weighted by atomic mass is 9.93. The van der Waals surface area contributed by atoms with Gasteiger partial charge in [-0.15, -0.1) is 0 Å². The molecule has 2 aromatic rings. The molecule has 0 fully saturated rings. The van der Waals surface area contributed by atoms with E-state index in [0.717, 1.165) is 18.5 Å². The second-order valence-electron chi connectivity index (χ2n) is 4.56. The minimum Gasteiger partial charge on any atom is -0.378 e. The summed E-state index contributed by atoms with van der Waals surface area (Å²) in [6, 6.07) is 13.1. The average Bonchev–Trinajstić information content (AvgIpc) is 2.38. The summed E-state index contributed by atoms with van der Waals surface area (Å²) in [7, 11) is 0. The fourth-order valence-electron chi connectivity index (χ4n) is 2.46. The molecule has 1 nitrogen and oxygen atoms in total. The molecule has 3 rings (SSSR count). The molecule has 2 aromatic carbocycles. The molecule has 92 valence electrons. The van der Waals surface area contributed by atoms with Gasteiger partial charge in [0.1, 0.15) is 5.82 Å². The van der Waals surface area contributed by atoms with Crippen LogP contribution in [0, 0.1) is 5.82 Å². The van der Waals surface area contributed by atoms with E-state index >= 15 is 0 Å². The number of halogens is 2. The number of aryl methyl sites for hydroxylation is 1. The molecule has 1 aliphatic rings. The van der Waals surface area contributed by atoms with Crippen LogP contribution in [0.3, 0.4) is 0 Å². The molecule has 18 heavy (non-hydrogen) atoms. The molecule has 1 unspecified atom stereocenters. The van der Waals surface area contributed by atoms with Gasteiger partial charge in [0.2, 0.25) is 0 Å². The van der Waals surface area contributed by atoms with Gasteiger partial charge in [-0.2, -0.15) is 0 Å². The monoisotopic (exact) mass is 261 g/mol. The molecule has 0 saturated heterocycles. The van der Waals surface area contributed by atoms with Crippen LogP contribution in [0.4, 0.5) is 10.1 Å². The summed E-state index contributed by atoms with van der Waals surface area (Å²) in [6.07, 6.45) is 1.87. The van der Waals surface area contributed by atoms with Crippen molar-refractivity contribution in [2.75, 3.05) is 5.32 Å². The van der Waals surface area contributed by atoms with Gasteiger partial charge in [-0.25, -0.2) is 4.39 Å². The van der Waals surface area contributed by atoms with E-state index in [1.165, 1.54) is 11.6 Å². The zero-order valence-corrected chi connectivity index (χ0v) is 10.5. The van der Waals surface area contributed by atoms with Gasteiger partial charge < -0.3 is 5.32 Å². The number of fused-ring (bicyclic) bond motifs is 1. The average molecular weight is 262 g/mol. The third kappa shape index (κ3) is 2.08. The minimum absolute atomic E-state index is 0.0252. The van der Waals surface area contributed by atoms with Crippen molar-refractivity contribution < 1.29 is 4.39 Å². The van der Waals surface area contributed by atoms with Gasteiger partial charge in [0.25, 0.3) is 0 Å². The molecule has 1 atom stereocenters. The normalized spacial score (nSPS) is 18.0. The lowest BCUT2D eigenvalue weighted by molar-refractivity contribution is 0.572. The Hall–Kier alpha value is -1.54. The Morgan fingerprint density at radius 3 is 2.83 bits per heavy atom. The van der Waals surface area contributed by atoms with Crippen LogP contribution >= 0.6 is 11.6 Å². The third-order valence-electron chi connectivity index (χ3n) is 3.39. The van der Waals surface area contributed by atoms with Crippen LogP contribution < -0.4 is 5.32 Å². The van der Waals surface area contributed by atoms with Crippen molar-refractivity contribution >= 4 is 17.3 Å². The van der Waals surface area contributed by atoms with E-state index in [4.69, 9.17) is 11.6 Å². The first-order valence-electron chi connectivity index (χ1n) is 6.03. The molecule has 0 saturated carbocycles. The van der Waals surface area contributed by atoms with Crippen molar-refractivity contribution in [1.82, 2.24) is 0 Å². The summed E-state index contributed by atoms with van der Waals surface area (Å²) < 4.78 is 13.9. The van der Waals surface area contributed by atoms with E-state index in [-0.39, 0.29) is 11.9 Å². The molecule has 0 aliphatic carbocycles. The lowest BCUT2D eigenvalue weighted by Crippen LogP contribution is -2.18. The van der Waals surface area contributed by atoms with Crippen molar-refractivity contribution in [2.24, 2.45) is 0 Å². The second-order valence-corrected chi connectivity index (χ2v) is 5.00. The Morgan fingerprint density at radius 1 is 1.17 bits per heavy atom. The summed E-state index contributed by atoms with van der Waals surface area (Å²) in [4.78, 5) is 0. The quantitative estimate of drug-likeness (QED) is 0.792. The maximum absolute atomic E-state index is 13.9. The van der Waals surface area contributed by atoms with Crippen LogP contribution in [-0.2, 0) is 6.42 Å². The molecule has 1 N–H and O–H groups in total. The van der Waals surface area contributed by atoms with E-state index in [1.807, 2.05) is 18.2 Å². The van der Waals surface area contributed by atoms with E-state index < -0.39 is 0 Å². The molecule has 0 bridgehead atoms. The van der Waals surface area contributed by atoms with Gasteiger partial charge >= 0.3 is 0 Å². The van der Waals surface area contributed by atoms with Gasteiger partial charge in [-0.05, 0) is 36.6 Å². The number of hydrogen-bond donors (Lipinski definition) is 1. The first-order valence-corrected chi connectivity index (χ1v) is 6.41. The highest BCUT2D eigenvalue weighted by Crippen LogP contribution is 2.33. The molecule has 0 spiro atoms. The molecule has 1 heterocycles. The highest BCUT2D eigenvalue weighted by Gasteiger charge is 2.21. The lowest BCUT2D eigenvalue weighted by Gasteiger charge is -2.27. The van der Waals surface area contributed by atoms with E-state index in [2.05, 4.69) is 11.4 Å². The minimum atomic E-state index is -0.237. The Morgan fingerprint density at radius 2 is 2.00 bits per heavy atom. The van der Waals surface area contributed by atoms with Crippen LogP contribution in [0.2, 0.25) is 5.02 Å². The van der Waals surface area contributed by atoms with E-state index in [1.54, 1.807) is 12.1 Å². The maximum Gasteiger partial charge on any atom is 0.129 e. The smallest absolute Gasteiger partial charge is 0.129 e. The van der Waals surface area contributed by atoms with Crippen molar-refractivity contribution in [1.29, 1.82) is 0 Å². The number of para-hydroxylation sites is 1. The zero-order valence-electron chi connectivity index (χ0n) is 9.79. The largest absolute Gasteiger partial charge is 0.378 e. The first kappa shape index (κ1) is 11.5. The van der Waals surface area contributed by atoms with Gasteiger partial charge in [0, 0.05) is 16.3 Å². The number of rotatable bonds is 1. The van der Waals surface area contributed by atoms with Gasteiger partial charge in [0.15, 0.2) is 0 Å². The fourth-order valence-corrected chi connectivity index (χ4v) is 2.61. The van der Waals surface area contributed by atoms with Crippen molar-refractivity contribution in [2.45, 2.75) is 18.9 Å². The Bertz CT molecular complexity index is 582. The van der Waals surface area contributed by atoms with Crippen molar-refractivity contribution in [3.8, 4) is 0 Å². The van der Waals surface area contributed by atoms with Gasteiger partial charge in [-0.1, -0.05) is 35.9 Å². The van der Waals surface area contributed by atoms with E-state index in [0.29, 0.717) is 10.6 Å². The molecular weight excluding hydrogens is 249 g/mol. The first-order chi connectivity index (χ1) is 8.74. The molecule has 0 amide bonds.